The molecule has 10 heteroatoms. The highest BCUT2D eigenvalue weighted by Gasteiger charge is 2.19. The molecule has 36 heavy (non-hydrogen) atoms. The van der Waals surface area contributed by atoms with Gasteiger partial charge in [0.2, 0.25) is 0 Å². The van der Waals surface area contributed by atoms with Crippen LogP contribution in [0.1, 0.15) is 11.3 Å². The van der Waals surface area contributed by atoms with Crippen LogP contribution in [-0.2, 0) is 0 Å². The fourth-order valence-corrected chi connectivity index (χ4v) is 4.03. The average Bonchev–Trinajstić information content (AvgIpc) is 3.20. The Morgan fingerprint density at radius 2 is 1.92 bits per heavy atom. The number of pyridine rings is 1. The van der Waals surface area contributed by atoms with Gasteiger partial charge in [-0.25, -0.2) is 9.97 Å². The van der Waals surface area contributed by atoms with Crippen LogP contribution in [0.3, 0.4) is 0 Å². The van der Waals surface area contributed by atoms with E-state index < -0.39 is 0 Å². The van der Waals surface area contributed by atoms with Gasteiger partial charge in [0.1, 0.15) is 12.9 Å². The van der Waals surface area contributed by atoms with Crippen molar-refractivity contribution < 1.29 is 14.6 Å². The summed E-state index contributed by atoms with van der Waals surface area (Å²) < 4.78 is 11.6. The molecule has 0 aliphatic carbocycles. The Kier molecular flexibility index (Phi) is 7.08. The minimum Gasteiger partial charge on any atom is -0.494 e. The zero-order valence-corrected chi connectivity index (χ0v) is 20.4. The zero-order chi connectivity index (χ0) is 24.4. The van der Waals surface area contributed by atoms with Crippen molar-refractivity contribution in [1.29, 1.82) is 5.26 Å². The standard InChI is InChI=1S/C26H22N6O3.ClH/c1-15-9-17(5-6-28-15)29-7-8-35-23-12-21-19(11-22(23)34-2)25(31-14-30-21)24-18-10-16(13-27)3-4-20(18)32-26(24)33;/h3-6,9-12,14,32-33H,7-8H2,1-2H3,(H,28,29);1H. The number of aromatic nitrogens is 4. The Hall–Kier alpha value is -4.55. The lowest BCUT2D eigenvalue weighted by Crippen LogP contribution is -2.12. The van der Waals surface area contributed by atoms with E-state index >= 15 is 0 Å². The van der Waals surface area contributed by atoms with Gasteiger partial charge >= 0.3 is 0 Å². The molecule has 5 aromatic rings. The van der Waals surface area contributed by atoms with Crippen LogP contribution in [0, 0.1) is 18.3 Å². The number of fused-ring (bicyclic) bond motifs is 2. The molecule has 9 nitrogen and oxygen atoms in total. The number of hydrogen-bond donors (Lipinski definition) is 3. The van der Waals surface area contributed by atoms with Crippen LogP contribution in [0.2, 0.25) is 0 Å². The van der Waals surface area contributed by atoms with Crippen LogP contribution in [0.5, 0.6) is 17.4 Å². The number of methoxy groups -OCH3 is 1. The van der Waals surface area contributed by atoms with Crippen molar-refractivity contribution >= 4 is 39.9 Å². The van der Waals surface area contributed by atoms with E-state index in [-0.39, 0.29) is 18.3 Å². The van der Waals surface area contributed by atoms with Gasteiger partial charge in [0, 0.05) is 46.5 Å². The molecular weight excluding hydrogens is 480 g/mol. The highest BCUT2D eigenvalue weighted by Crippen LogP contribution is 2.41. The van der Waals surface area contributed by atoms with Gasteiger partial charge in [0.25, 0.3) is 0 Å². The monoisotopic (exact) mass is 502 g/mol. The van der Waals surface area contributed by atoms with Crippen LogP contribution in [-0.4, -0.2) is 45.3 Å². The van der Waals surface area contributed by atoms with Crippen LogP contribution in [0.4, 0.5) is 5.69 Å². The van der Waals surface area contributed by atoms with E-state index in [1.165, 1.54) is 6.33 Å². The van der Waals surface area contributed by atoms with Gasteiger partial charge in [-0.1, -0.05) is 0 Å². The smallest absolute Gasteiger partial charge is 0.199 e. The summed E-state index contributed by atoms with van der Waals surface area (Å²) >= 11 is 0. The Bertz CT molecular complexity index is 1590. The maximum absolute atomic E-state index is 10.7. The number of ether oxygens (including phenoxy) is 2. The molecule has 3 aromatic heterocycles. The fourth-order valence-electron chi connectivity index (χ4n) is 4.03. The lowest BCUT2D eigenvalue weighted by atomic mass is 10.0. The number of anilines is 1. The first-order valence-electron chi connectivity index (χ1n) is 10.9. The molecule has 2 aromatic carbocycles. The molecule has 0 fully saturated rings. The van der Waals surface area contributed by atoms with Gasteiger partial charge in [-0.2, -0.15) is 5.26 Å². The van der Waals surface area contributed by atoms with Gasteiger partial charge < -0.3 is 24.9 Å². The maximum Gasteiger partial charge on any atom is 0.199 e. The summed E-state index contributed by atoms with van der Waals surface area (Å²) in [6.07, 6.45) is 3.20. The molecule has 0 radical (unpaired) electrons. The number of nitriles is 1. The number of hydrogen-bond acceptors (Lipinski definition) is 8. The summed E-state index contributed by atoms with van der Waals surface area (Å²) in [5, 5.41) is 24.7. The number of aryl methyl sites for hydroxylation is 1. The molecule has 0 saturated carbocycles. The molecule has 3 heterocycles. The molecule has 0 amide bonds. The summed E-state index contributed by atoms with van der Waals surface area (Å²) in [4.78, 5) is 16.0. The molecule has 0 unspecified atom stereocenters. The number of halogens is 1. The predicted octanol–water partition coefficient (Wildman–Crippen LogP) is 4.98. The lowest BCUT2D eigenvalue weighted by molar-refractivity contribution is 0.306. The molecule has 0 spiro atoms. The van der Waals surface area contributed by atoms with Gasteiger partial charge in [0.15, 0.2) is 17.4 Å². The Morgan fingerprint density at radius 1 is 1.06 bits per heavy atom. The van der Waals surface area contributed by atoms with Crippen LogP contribution >= 0.6 is 12.4 Å². The topological polar surface area (TPSA) is 129 Å². The van der Waals surface area contributed by atoms with Crippen molar-refractivity contribution in [3.8, 4) is 34.7 Å². The van der Waals surface area contributed by atoms with Crippen molar-refractivity contribution in [2.75, 3.05) is 25.6 Å². The Morgan fingerprint density at radius 3 is 2.69 bits per heavy atom. The van der Waals surface area contributed by atoms with Crippen molar-refractivity contribution in [1.82, 2.24) is 19.9 Å². The second-order valence-corrected chi connectivity index (χ2v) is 7.92. The summed E-state index contributed by atoms with van der Waals surface area (Å²) in [5.74, 6) is 1.03. The van der Waals surface area contributed by atoms with E-state index in [1.54, 1.807) is 43.6 Å². The van der Waals surface area contributed by atoms with Crippen molar-refractivity contribution in [2.24, 2.45) is 0 Å². The zero-order valence-electron chi connectivity index (χ0n) is 19.6. The summed E-state index contributed by atoms with van der Waals surface area (Å²) in [5.41, 5.74) is 4.75. The molecule has 0 bridgehead atoms. The normalized spacial score (nSPS) is 10.6. The molecule has 0 aliphatic rings. The average molecular weight is 503 g/mol. The second kappa shape index (κ2) is 10.4. The second-order valence-electron chi connectivity index (χ2n) is 7.92. The molecular formula is C26H23ClN6O3. The van der Waals surface area contributed by atoms with Gasteiger partial charge in [-0.15, -0.1) is 12.4 Å². The number of benzene rings is 2. The quantitative estimate of drug-likeness (QED) is 0.266. The fraction of sp³-hybridized carbons (Fsp3) is 0.154. The number of nitrogens with one attached hydrogen (secondary N) is 2. The molecule has 0 atom stereocenters. The molecule has 3 N–H and O–H groups in total. The van der Waals surface area contributed by atoms with E-state index in [1.807, 2.05) is 19.1 Å². The van der Waals surface area contributed by atoms with Crippen LogP contribution < -0.4 is 14.8 Å². The van der Waals surface area contributed by atoms with Crippen molar-refractivity contribution in [3.05, 3.63) is 66.2 Å². The van der Waals surface area contributed by atoms with Crippen molar-refractivity contribution in [2.45, 2.75) is 6.92 Å². The number of aromatic hydroxyl groups is 1. The maximum atomic E-state index is 10.7. The highest BCUT2D eigenvalue weighted by atomic mass is 35.5. The summed E-state index contributed by atoms with van der Waals surface area (Å²) in [6, 6.07) is 14.8. The minimum absolute atomic E-state index is 0. The van der Waals surface area contributed by atoms with E-state index in [0.717, 1.165) is 11.4 Å². The predicted molar refractivity (Wildman–Crippen MR) is 140 cm³/mol. The lowest BCUT2D eigenvalue weighted by Gasteiger charge is -2.14. The van der Waals surface area contributed by atoms with E-state index in [9.17, 15) is 10.4 Å². The molecule has 182 valence electrons. The molecule has 5 rings (SSSR count). The first-order chi connectivity index (χ1) is 17.1. The minimum atomic E-state index is -0.0354. The molecule has 0 aliphatic heterocycles. The Labute approximate surface area is 213 Å². The third-order valence-corrected chi connectivity index (χ3v) is 5.65. The number of nitrogens with zero attached hydrogens (tertiary/aromatic N) is 4. The number of rotatable bonds is 7. The number of H-pyrrole nitrogens is 1. The third-order valence-electron chi connectivity index (χ3n) is 5.65. The summed E-state index contributed by atoms with van der Waals surface area (Å²) in [6.45, 7) is 2.93. The highest BCUT2D eigenvalue weighted by molar-refractivity contribution is 6.05. The largest absolute Gasteiger partial charge is 0.494 e. The first-order valence-corrected chi connectivity index (χ1v) is 10.9. The van der Waals surface area contributed by atoms with Gasteiger partial charge in [-0.3, -0.25) is 4.98 Å². The van der Waals surface area contributed by atoms with Gasteiger partial charge in [0.05, 0.1) is 35.5 Å². The summed E-state index contributed by atoms with van der Waals surface area (Å²) in [7, 11) is 1.57. The Balaban J connectivity index is 0.00000304. The third kappa shape index (κ3) is 4.67. The van der Waals surface area contributed by atoms with Crippen LogP contribution in [0.15, 0.2) is 55.0 Å². The van der Waals surface area contributed by atoms with Gasteiger partial charge in [-0.05, 0) is 43.3 Å². The molecule has 0 saturated heterocycles. The van der Waals surface area contributed by atoms with E-state index in [0.29, 0.717) is 63.3 Å². The van der Waals surface area contributed by atoms with E-state index in [2.05, 4.69) is 31.3 Å². The first kappa shape index (κ1) is 24.6. The SMILES string of the molecule is COc1cc2c(-c3c(O)[nH]c4ccc(C#N)cc34)ncnc2cc1OCCNc1ccnc(C)c1.Cl. The van der Waals surface area contributed by atoms with E-state index in [4.69, 9.17) is 9.47 Å². The van der Waals surface area contributed by atoms with Crippen molar-refractivity contribution in [3.63, 3.8) is 0 Å². The van der Waals surface area contributed by atoms with Crippen LogP contribution in [0.25, 0.3) is 33.1 Å². The number of aromatic amines is 1.